The molecule has 12 nitrogen and oxygen atoms in total. The predicted molar refractivity (Wildman–Crippen MR) is 179 cm³/mol. The second-order valence-corrected chi connectivity index (χ2v) is 14.0. The number of likely N-dealkylation sites (N-methyl/N-ethyl adjacent to an activating group) is 1. The lowest BCUT2D eigenvalue weighted by atomic mass is 9.97. The molecule has 5 rings (SSSR count). The minimum atomic E-state index is -3.83. The van der Waals surface area contributed by atoms with E-state index in [2.05, 4.69) is 26.9 Å². The van der Waals surface area contributed by atoms with Crippen LogP contribution >= 0.6 is 24.8 Å². The maximum Gasteiger partial charge on any atom is 0.259 e. The molecule has 2 heterocycles. The van der Waals surface area contributed by atoms with Crippen molar-refractivity contribution in [3.05, 3.63) is 43.1 Å². The highest BCUT2D eigenvalue weighted by atomic mass is 35.5. The highest BCUT2D eigenvalue weighted by molar-refractivity contribution is 7.91. The number of aromatic nitrogens is 1. The molecule has 2 aliphatic carbocycles. The Hall–Kier alpha value is -3.13. The summed E-state index contributed by atoms with van der Waals surface area (Å²) in [7, 11) is -0.528. The van der Waals surface area contributed by atoms with E-state index in [9.17, 15) is 22.8 Å². The summed E-state index contributed by atoms with van der Waals surface area (Å²) in [5.74, 6) is -0.991. The van der Waals surface area contributed by atoms with Crippen LogP contribution in [0.25, 0.3) is 10.8 Å². The van der Waals surface area contributed by atoms with Gasteiger partial charge in [-0.1, -0.05) is 26.3 Å². The molecule has 1 aliphatic heterocycles. The monoisotopic (exact) mass is 699 g/mol. The number of benzene rings is 1. The molecular formula is C31H43Cl2N5O7S. The Bertz CT molecular complexity index is 1570. The number of sulfonamides is 1. The molecule has 0 bridgehead atoms. The van der Waals surface area contributed by atoms with Crippen LogP contribution in [0.15, 0.2) is 43.1 Å². The molecule has 0 spiro atoms. The molecule has 1 aromatic carbocycles. The number of rotatable bonds is 13. The number of carbonyl (C=O) groups is 3. The van der Waals surface area contributed by atoms with Crippen molar-refractivity contribution in [2.24, 2.45) is 11.8 Å². The third kappa shape index (κ3) is 7.37. The van der Waals surface area contributed by atoms with Gasteiger partial charge >= 0.3 is 0 Å². The maximum absolute atomic E-state index is 14.0. The van der Waals surface area contributed by atoms with Gasteiger partial charge in [0.2, 0.25) is 27.7 Å². The lowest BCUT2D eigenvalue weighted by molar-refractivity contribution is -0.142. The molecule has 0 radical (unpaired) electrons. The molecule has 46 heavy (non-hydrogen) atoms. The van der Waals surface area contributed by atoms with E-state index in [0.29, 0.717) is 24.5 Å². The first-order chi connectivity index (χ1) is 21.0. The van der Waals surface area contributed by atoms with Gasteiger partial charge in [-0.25, -0.2) is 13.4 Å². The van der Waals surface area contributed by atoms with Gasteiger partial charge in [-0.2, -0.15) is 0 Å². The lowest BCUT2D eigenvalue weighted by Crippen LogP contribution is -2.58. The second-order valence-electron chi connectivity index (χ2n) is 12.0. The average molecular weight is 701 g/mol. The number of carbonyl (C=O) groups excluding carboxylic acids is 3. The van der Waals surface area contributed by atoms with Crippen molar-refractivity contribution in [2.45, 2.75) is 74.9 Å². The number of methoxy groups -OCH3 is 1. The standard InChI is InChI=1S/C31H41N5O7S.2ClH/c1-6-18(3)26(32-4)29(38)36-17-22(43-28-24-11-8-21(42-5)14-19(24)12-13-33-28)15-25(36)27(37)34-31(16-20(31)7-2)30(39)35-44(40,41)23-9-10-23;;/h7-8,11-14,18,20,22-23,25-26,32H,2,6,9-10,15-17H2,1,3-5H3,(H,34,37)(H,35,39);2*1H/t18-,20+,22+,25-,26?,31+;;/m0../s1. The van der Waals surface area contributed by atoms with Crippen molar-refractivity contribution in [3.63, 3.8) is 0 Å². The number of nitrogens with one attached hydrogen (secondary N) is 3. The molecule has 1 unspecified atom stereocenters. The normalized spacial score (nSPS) is 24.9. The molecule has 1 aromatic heterocycles. The molecule has 254 valence electrons. The van der Waals surface area contributed by atoms with E-state index in [1.54, 1.807) is 26.4 Å². The average Bonchev–Trinajstić information content (AvgIpc) is 3.94. The zero-order valence-corrected chi connectivity index (χ0v) is 28.8. The number of hydrogen-bond donors (Lipinski definition) is 3. The SMILES string of the molecule is C=C[C@@H]1C[C@]1(NC(=O)[C@@H]1C[C@@H](Oc2nccc3cc(OC)ccc23)CN1C(=O)C(NC)[C@@H](C)CC)C(=O)NS(=O)(=O)C1CC1.Cl.Cl. The summed E-state index contributed by atoms with van der Waals surface area (Å²) in [6.07, 6.45) is 4.69. The van der Waals surface area contributed by atoms with E-state index in [1.165, 1.54) is 11.0 Å². The van der Waals surface area contributed by atoms with Crippen LogP contribution in [-0.2, 0) is 24.4 Å². The molecule has 6 atom stereocenters. The summed E-state index contributed by atoms with van der Waals surface area (Å²) in [6, 6.07) is 5.86. The van der Waals surface area contributed by atoms with E-state index in [1.807, 2.05) is 32.0 Å². The minimum Gasteiger partial charge on any atom is -0.497 e. The number of nitrogens with zero attached hydrogens (tertiary/aromatic N) is 2. The van der Waals surface area contributed by atoms with Crippen LogP contribution in [0.3, 0.4) is 0 Å². The Balaban J connectivity index is 0.00000288. The van der Waals surface area contributed by atoms with Crippen LogP contribution in [0.4, 0.5) is 0 Å². The van der Waals surface area contributed by atoms with Crippen LogP contribution in [0.1, 0.15) is 46.0 Å². The Morgan fingerprint density at radius 1 is 1.22 bits per heavy atom. The fourth-order valence-electron chi connectivity index (χ4n) is 5.97. The van der Waals surface area contributed by atoms with Crippen molar-refractivity contribution >= 4 is 63.3 Å². The van der Waals surface area contributed by atoms with Gasteiger partial charge in [-0.3, -0.25) is 19.1 Å². The number of amides is 3. The molecule has 3 N–H and O–H groups in total. The van der Waals surface area contributed by atoms with Crippen LogP contribution in [0.2, 0.25) is 0 Å². The number of likely N-dealkylation sites (tertiary alicyclic amines) is 1. The highest BCUT2D eigenvalue weighted by Crippen LogP contribution is 2.45. The van der Waals surface area contributed by atoms with Crippen molar-refractivity contribution in [1.82, 2.24) is 25.2 Å². The van der Waals surface area contributed by atoms with Gasteiger partial charge in [0.05, 0.1) is 24.9 Å². The van der Waals surface area contributed by atoms with Gasteiger partial charge in [0.15, 0.2) is 0 Å². The van der Waals surface area contributed by atoms with Gasteiger partial charge in [0.1, 0.15) is 23.4 Å². The maximum atomic E-state index is 14.0. The summed E-state index contributed by atoms with van der Waals surface area (Å²) in [5, 5.41) is 6.93. The minimum absolute atomic E-state index is 0. The quantitative estimate of drug-likeness (QED) is 0.268. The van der Waals surface area contributed by atoms with Crippen LogP contribution < -0.4 is 24.8 Å². The first-order valence-electron chi connectivity index (χ1n) is 15.1. The molecular weight excluding hydrogens is 657 g/mol. The Morgan fingerprint density at radius 2 is 1.93 bits per heavy atom. The van der Waals surface area contributed by atoms with Gasteiger partial charge in [0, 0.05) is 23.9 Å². The fraction of sp³-hybridized carbons (Fsp3) is 0.548. The molecule has 3 fully saturated rings. The third-order valence-corrected chi connectivity index (χ3v) is 10.9. The van der Waals surface area contributed by atoms with E-state index in [0.717, 1.165) is 17.2 Å². The van der Waals surface area contributed by atoms with Crippen LogP contribution in [0, 0.1) is 11.8 Å². The second kappa shape index (κ2) is 14.7. The summed E-state index contributed by atoms with van der Waals surface area (Å²) in [4.78, 5) is 47.1. The molecule has 3 aliphatic rings. The van der Waals surface area contributed by atoms with Gasteiger partial charge in [-0.05, 0) is 61.9 Å². The third-order valence-electron chi connectivity index (χ3n) is 9.10. The van der Waals surface area contributed by atoms with E-state index in [-0.39, 0.29) is 56.0 Å². The first kappa shape index (κ1) is 37.3. The number of ether oxygens (including phenoxy) is 2. The van der Waals surface area contributed by atoms with Crippen molar-refractivity contribution < 1.29 is 32.3 Å². The van der Waals surface area contributed by atoms with Crippen LogP contribution in [-0.4, -0.2) is 85.7 Å². The lowest BCUT2D eigenvalue weighted by Gasteiger charge is -2.31. The highest BCUT2D eigenvalue weighted by Gasteiger charge is 2.62. The number of pyridine rings is 1. The summed E-state index contributed by atoms with van der Waals surface area (Å²) in [5.41, 5.74) is -1.45. The molecule has 15 heteroatoms. The summed E-state index contributed by atoms with van der Waals surface area (Å²) < 4.78 is 38.9. The van der Waals surface area contributed by atoms with Gasteiger partial charge in [0.25, 0.3) is 5.91 Å². The zero-order valence-electron chi connectivity index (χ0n) is 26.4. The molecule has 3 amide bonds. The Kier molecular flexibility index (Phi) is 12.0. The van der Waals surface area contributed by atoms with Gasteiger partial charge in [-0.15, -0.1) is 31.4 Å². The number of halogens is 2. The van der Waals surface area contributed by atoms with E-state index < -0.39 is 56.7 Å². The Morgan fingerprint density at radius 3 is 2.52 bits per heavy atom. The van der Waals surface area contributed by atoms with Gasteiger partial charge < -0.3 is 25.0 Å². The molecule has 2 aromatic rings. The topological polar surface area (TPSA) is 156 Å². The van der Waals surface area contributed by atoms with Crippen LogP contribution in [0.5, 0.6) is 11.6 Å². The number of fused-ring (bicyclic) bond motifs is 1. The summed E-state index contributed by atoms with van der Waals surface area (Å²) >= 11 is 0. The smallest absolute Gasteiger partial charge is 0.259 e. The van der Waals surface area contributed by atoms with Crippen molar-refractivity contribution in [1.29, 1.82) is 0 Å². The number of hydrogen-bond acceptors (Lipinski definition) is 9. The zero-order chi connectivity index (χ0) is 31.8. The molecule has 2 saturated carbocycles. The molecule has 1 saturated heterocycles. The fourth-order valence-corrected chi connectivity index (χ4v) is 7.33. The van der Waals surface area contributed by atoms with E-state index >= 15 is 0 Å². The first-order valence-corrected chi connectivity index (χ1v) is 16.6. The van der Waals surface area contributed by atoms with E-state index in [4.69, 9.17) is 9.47 Å². The van der Waals surface area contributed by atoms with Crippen molar-refractivity contribution in [2.75, 3.05) is 20.7 Å². The largest absolute Gasteiger partial charge is 0.497 e. The Labute approximate surface area is 282 Å². The van der Waals surface area contributed by atoms with Crippen molar-refractivity contribution in [3.8, 4) is 11.6 Å². The predicted octanol–water partition coefficient (Wildman–Crippen LogP) is 2.74. The summed E-state index contributed by atoms with van der Waals surface area (Å²) in [6.45, 7) is 7.84.